The van der Waals surface area contributed by atoms with Crippen molar-refractivity contribution in [2.75, 3.05) is 13.1 Å². The summed E-state index contributed by atoms with van der Waals surface area (Å²) < 4.78 is 0. The van der Waals surface area contributed by atoms with Crippen molar-refractivity contribution in [1.29, 1.82) is 5.26 Å². The van der Waals surface area contributed by atoms with Crippen LogP contribution in [0.5, 0.6) is 0 Å². The maximum Gasteiger partial charge on any atom is 0.160 e. The van der Waals surface area contributed by atoms with Crippen LogP contribution in [0.1, 0.15) is 6.42 Å². The molecule has 0 aromatic carbocycles. The predicted molar refractivity (Wildman–Crippen MR) is 70.7 cm³/mol. The van der Waals surface area contributed by atoms with Crippen molar-refractivity contribution in [2.45, 2.75) is 6.42 Å². The second kappa shape index (κ2) is 12.0. The van der Waals surface area contributed by atoms with E-state index in [4.69, 9.17) is 5.26 Å². The number of hydrazine groups is 1. The first-order valence-electron chi connectivity index (χ1n) is 5.87. The van der Waals surface area contributed by atoms with Gasteiger partial charge < -0.3 is 0 Å². The molecule has 2 rings (SSSR count). The average Bonchev–Trinajstić information content (AvgIpc) is 3.09. The van der Waals surface area contributed by atoms with Crippen molar-refractivity contribution in [3.8, 4) is 6.07 Å². The normalized spacial score (nSPS) is 17.6. The molecule has 0 heterocycles. The smallest absolute Gasteiger partial charge is 0.160 e. The summed E-state index contributed by atoms with van der Waals surface area (Å²) in [5.41, 5.74) is 0. The first-order valence-corrected chi connectivity index (χ1v) is 5.87. The molecule has 0 saturated heterocycles. The SMILES string of the molecule is N#CCCN(C[C]1[CH][CH][CH][CH]1)[N+](=O)[O-].[CH]1[CH][CH][CH][CH]1.[Fe]. The van der Waals surface area contributed by atoms with Crippen molar-refractivity contribution in [1.82, 2.24) is 5.01 Å². The average molecular weight is 313 g/mol. The van der Waals surface area contributed by atoms with E-state index in [1.54, 1.807) is 0 Å². The Morgan fingerprint density at radius 3 is 2.00 bits per heavy atom. The zero-order valence-electron chi connectivity index (χ0n) is 10.8. The molecule has 106 valence electrons. The van der Waals surface area contributed by atoms with Gasteiger partial charge in [0.15, 0.2) is 5.03 Å². The second-order valence-electron chi connectivity index (χ2n) is 3.79. The predicted octanol–water partition coefficient (Wildman–Crippen LogP) is 1.82. The molecule has 10 radical (unpaired) electrons. The van der Waals surface area contributed by atoms with Crippen molar-refractivity contribution in [3.63, 3.8) is 0 Å². The van der Waals surface area contributed by atoms with Gasteiger partial charge in [0, 0.05) is 23.0 Å². The third kappa shape index (κ3) is 8.39. The zero-order valence-corrected chi connectivity index (χ0v) is 11.9. The fraction of sp³-hybridized carbons (Fsp3) is 0.214. The molecule has 2 aliphatic rings. The van der Waals surface area contributed by atoms with Crippen LogP contribution in [-0.4, -0.2) is 23.1 Å². The first-order chi connectivity index (χ1) is 9.24. The Labute approximate surface area is 132 Å². The molecule has 6 heteroatoms. The van der Waals surface area contributed by atoms with E-state index in [1.807, 2.05) is 63.9 Å². The summed E-state index contributed by atoms with van der Waals surface area (Å²) in [5, 5.41) is 19.4. The van der Waals surface area contributed by atoms with Gasteiger partial charge in [0.1, 0.15) is 0 Å². The van der Waals surface area contributed by atoms with Gasteiger partial charge in [0.2, 0.25) is 0 Å². The number of nitro groups is 1. The van der Waals surface area contributed by atoms with Gasteiger partial charge in [-0.3, -0.25) is 0 Å². The molecule has 0 bridgehead atoms. The quantitative estimate of drug-likeness (QED) is 0.441. The van der Waals surface area contributed by atoms with Crippen LogP contribution in [0.4, 0.5) is 0 Å². The van der Waals surface area contributed by atoms with Crippen LogP contribution >= 0.6 is 0 Å². The number of hydrogen-bond donors (Lipinski definition) is 0. The Morgan fingerprint density at radius 2 is 1.60 bits per heavy atom. The number of rotatable bonds is 5. The van der Waals surface area contributed by atoms with Gasteiger partial charge >= 0.3 is 0 Å². The summed E-state index contributed by atoms with van der Waals surface area (Å²) in [7, 11) is 0. The largest absolute Gasteiger partial charge is 0.235 e. The molecule has 0 N–H and O–H groups in total. The summed E-state index contributed by atoms with van der Waals surface area (Å²) in [6.45, 7) is 0.413. The zero-order chi connectivity index (χ0) is 13.9. The van der Waals surface area contributed by atoms with Crippen LogP contribution in [0.25, 0.3) is 0 Å². The standard InChI is InChI=1S/C9H10N3O2.C5H5.Fe/c10-6-3-7-11(12(13)14)8-9-4-1-2-5-9;1-2-4-5-3-1;/h1-2,4-5H,3,7-8H2;1-5H;. The second-order valence-corrected chi connectivity index (χ2v) is 3.79. The molecule has 20 heavy (non-hydrogen) atoms. The van der Waals surface area contributed by atoms with Crippen LogP contribution in [0, 0.1) is 85.2 Å². The Balaban J connectivity index is 0.000000507. The van der Waals surface area contributed by atoms with Crippen LogP contribution in [0.2, 0.25) is 0 Å². The van der Waals surface area contributed by atoms with Crippen molar-refractivity contribution < 1.29 is 22.1 Å². The maximum atomic E-state index is 10.6. The van der Waals surface area contributed by atoms with Gasteiger partial charge in [-0.1, -0.05) is 0 Å². The van der Waals surface area contributed by atoms with Crippen molar-refractivity contribution in [2.24, 2.45) is 0 Å². The monoisotopic (exact) mass is 313 g/mol. The molecule has 0 atom stereocenters. The molecule has 0 aromatic heterocycles. The van der Waals surface area contributed by atoms with Gasteiger partial charge in [-0.2, -0.15) is 5.26 Å². The molecular formula is C14H15FeN3O2. The third-order valence-electron chi connectivity index (χ3n) is 2.37. The van der Waals surface area contributed by atoms with Gasteiger partial charge in [0.25, 0.3) is 0 Å². The van der Waals surface area contributed by atoms with Crippen molar-refractivity contribution in [3.05, 3.63) is 73.8 Å². The van der Waals surface area contributed by atoms with Crippen LogP contribution < -0.4 is 0 Å². The molecule has 5 nitrogen and oxygen atoms in total. The Kier molecular flexibility index (Phi) is 11.5. The van der Waals surface area contributed by atoms with E-state index < -0.39 is 5.03 Å². The maximum absolute atomic E-state index is 10.6. The van der Waals surface area contributed by atoms with Crippen LogP contribution in [0.15, 0.2) is 0 Å². The molecular weight excluding hydrogens is 298 g/mol. The molecule has 0 aromatic rings. The topological polar surface area (TPSA) is 70.2 Å². The van der Waals surface area contributed by atoms with Gasteiger partial charge in [-0.05, 0) is 57.8 Å². The first kappa shape index (κ1) is 19.2. The molecule has 2 aliphatic carbocycles. The minimum absolute atomic E-state index is 0. The van der Waals surface area contributed by atoms with Crippen molar-refractivity contribution >= 4 is 0 Å². The number of hydrogen-bond acceptors (Lipinski definition) is 3. The van der Waals surface area contributed by atoms with E-state index in [2.05, 4.69) is 0 Å². The summed E-state index contributed by atoms with van der Waals surface area (Å²) in [6.07, 6.45) is 17.5. The molecule has 2 fully saturated rings. The number of nitrogens with zero attached hydrogens (tertiary/aromatic N) is 3. The summed E-state index contributed by atoms with van der Waals surface area (Å²) >= 11 is 0. The fourth-order valence-electron chi connectivity index (χ4n) is 1.45. The van der Waals surface area contributed by atoms with Gasteiger partial charge in [-0.25, -0.2) is 10.1 Å². The van der Waals surface area contributed by atoms with E-state index >= 15 is 0 Å². The van der Waals surface area contributed by atoms with E-state index in [1.165, 1.54) is 0 Å². The van der Waals surface area contributed by atoms with Gasteiger partial charge in [0.05, 0.1) is 25.6 Å². The molecule has 0 amide bonds. The Morgan fingerprint density at radius 1 is 1.10 bits per heavy atom. The van der Waals surface area contributed by atoms with E-state index in [0.717, 1.165) is 10.9 Å². The van der Waals surface area contributed by atoms with E-state index in [9.17, 15) is 10.1 Å². The molecule has 0 spiro atoms. The van der Waals surface area contributed by atoms with Gasteiger partial charge in [-0.15, -0.1) is 5.01 Å². The third-order valence-corrected chi connectivity index (χ3v) is 2.37. The molecule has 0 aliphatic heterocycles. The fourth-order valence-corrected chi connectivity index (χ4v) is 1.45. The molecule has 2 saturated carbocycles. The Hall–Kier alpha value is -0.791. The minimum atomic E-state index is -0.468. The Bertz CT molecular complexity index is 290. The van der Waals surface area contributed by atoms with Crippen LogP contribution in [0.3, 0.4) is 0 Å². The molecule has 0 unspecified atom stereocenters. The van der Waals surface area contributed by atoms with Crippen LogP contribution in [-0.2, 0) is 17.1 Å². The number of nitriles is 1. The minimum Gasteiger partial charge on any atom is -0.235 e. The summed E-state index contributed by atoms with van der Waals surface area (Å²) in [6, 6.07) is 1.89. The van der Waals surface area contributed by atoms with E-state index in [-0.39, 0.29) is 36.6 Å². The summed E-state index contributed by atoms with van der Waals surface area (Å²) in [5.74, 6) is 0.889. The summed E-state index contributed by atoms with van der Waals surface area (Å²) in [4.78, 5) is 10.6. The van der Waals surface area contributed by atoms with E-state index in [0.29, 0.717) is 0 Å².